The second kappa shape index (κ2) is 10.3. The van der Waals surface area contributed by atoms with Gasteiger partial charge >= 0.3 is 0 Å². The Labute approximate surface area is 184 Å². The van der Waals surface area contributed by atoms with Crippen LogP contribution in [0, 0.1) is 5.82 Å². The molecule has 2 aromatic carbocycles. The number of carbonyl (C=O) groups is 1. The highest BCUT2D eigenvalue weighted by atomic mass is 32.2. The van der Waals surface area contributed by atoms with Crippen molar-refractivity contribution in [2.24, 2.45) is 0 Å². The van der Waals surface area contributed by atoms with Crippen LogP contribution in [0.1, 0.15) is 31.7 Å². The van der Waals surface area contributed by atoms with Crippen LogP contribution in [0.4, 0.5) is 4.39 Å². The number of halogens is 1. The summed E-state index contributed by atoms with van der Waals surface area (Å²) in [5, 5.41) is 3.05. The lowest BCUT2D eigenvalue weighted by atomic mass is 9.96. The number of sulfonamides is 1. The summed E-state index contributed by atoms with van der Waals surface area (Å²) in [6, 6.07) is 14.6. The van der Waals surface area contributed by atoms with E-state index < -0.39 is 15.8 Å². The second-order valence-electron chi connectivity index (χ2n) is 7.83. The summed E-state index contributed by atoms with van der Waals surface area (Å²) in [4.78, 5) is 14.8. The Morgan fingerprint density at radius 1 is 1.03 bits per heavy atom. The van der Waals surface area contributed by atoms with E-state index in [1.807, 2.05) is 30.0 Å². The number of nitrogens with one attached hydrogen (secondary N) is 1. The molecule has 0 radical (unpaired) electrons. The molecule has 1 saturated heterocycles. The van der Waals surface area contributed by atoms with Crippen LogP contribution in [-0.4, -0.2) is 62.3 Å². The van der Waals surface area contributed by atoms with E-state index in [9.17, 15) is 17.6 Å². The molecule has 0 spiro atoms. The van der Waals surface area contributed by atoms with Crippen LogP contribution in [0.15, 0.2) is 59.5 Å². The monoisotopic (exact) mass is 447 g/mol. The maximum absolute atomic E-state index is 13.1. The Balaban J connectivity index is 1.53. The van der Waals surface area contributed by atoms with Crippen molar-refractivity contribution in [1.82, 2.24) is 14.5 Å². The van der Waals surface area contributed by atoms with Crippen LogP contribution in [0.5, 0.6) is 0 Å². The minimum absolute atomic E-state index is 0.0516. The summed E-state index contributed by atoms with van der Waals surface area (Å²) >= 11 is 0. The standard InChI is InChI=1S/C23H30FN3O3S/c1-3-19(20-7-5-4-6-8-20)17-25-23(28)18(2)26-13-15-27(16-14-26)31(29,30)22-11-9-21(24)10-12-22/h4-12,18-19H,3,13-17H2,1-2H3,(H,25,28)/t18-,19-/m0/s1. The largest absolute Gasteiger partial charge is 0.354 e. The minimum atomic E-state index is -3.66. The molecule has 0 aliphatic carbocycles. The summed E-state index contributed by atoms with van der Waals surface area (Å²) in [5.41, 5.74) is 1.21. The number of rotatable bonds is 8. The van der Waals surface area contributed by atoms with Crippen LogP contribution in [0.25, 0.3) is 0 Å². The van der Waals surface area contributed by atoms with Crippen molar-refractivity contribution in [2.45, 2.75) is 37.1 Å². The van der Waals surface area contributed by atoms with E-state index in [0.717, 1.165) is 18.6 Å². The van der Waals surface area contributed by atoms with E-state index in [2.05, 4.69) is 24.4 Å². The van der Waals surface area contributed by atoms with Gasteiger partial charge in [0.2, 0.25) is 15.9 Å². The molecular formula is C23H30FN3O3S. The molecule has 0 bridgehead atoms. The lowest BCUT2D eigenvalue weighted by Gasteiger charge is -2.36. The van der Waals surface area contributed by atoms with Gasteiger partial charge in [-0.15, -0.1) is 0 Å². The Hall–Kier alpha value is -2.29. The van der Waals surface area contributed by atoms with Gasteiger partial charge in [0.25, 0.3) is 0 Å². The molecule has 0 aromatic heterocycles. The normalized spacial score (nSPS) is 17.8. The molecule has 168 valence electrons. The van der Waals surface area contributed by atoms with Gasteiger partial charge in [0.15, 0.2) is 0 Å². The van der Waals surface area contributed by atoms with E-state index in [0.29, 0.717) is 32.7 Å². The lowest BCUT2D eigenvalue weighted by Crippen LogP contribution is -2.55. The van der Waals surface area contributed by atoms with Crippen molar-refractivity contribution >= 4 is 15.9 Å². The molecule has 0 saturated carbocycles. The fourth-order valence-electron chi connectivity index (χ4n) is 3.85. The zero-order chi connectivity index (χ0) is 22.4. The molecule has 2 aromatic rings. The second-order valence-corrected chi connectivity index (χ2v) is 9.77. The van der Waals surface area contributed by atoms with Crippen LogP contribution in [-0.2, 0) is 14.8 Å². The third-order valence-electron chi connectivity index (χ3n) is 5.94. The van der Waals surface area contributed by atoms with Gasteiger partial charge in [0.05, 0.1) is 10.9 Å². The van der Waals surface area contributed by atoms with E-state index in [4.69, 9.17) is 0 Å². The smallest absolute Gasteiger partial charge is 0.243 e. The molecule has 2 atom stereocenters. The molecule has 1 aliphatic rings. The van der Waals surface area contributed by atoms with Gasteiger partial charge in [0, 0.05) is 38.6 Å². The molecule has 1 amide bonds. The summed E-state index contributed by atoms with van der Waals surface area (Å²) in [5.74, 6) is -0.263. The van der Waals surface area contributed by atoms with Gasteiger partial charge in [0.1, 0.15) is 5.82 Å². The van der Waals surface area contributed by atoms with Crippen LogP contribution < -0.4 is 5.32 Å². The maximum Gasteiger partial charge on any atom is 0.243 e. The topological polar surface area (TPSA) is 69.7 Å². The number of nitrogens with zero attached hydrogens (tertiary/aromatic N) is 2. The number of piperazine rings is 1. The first-order valence-corrected chi connectivity index (χ1v) is 12.1. The van der Waals surface area contributed by atoms with E-state index >= 15 is 0 Å². The van der Waals surface area contributed by atoms with Gasteiger partial charge in [-0.1, -0.05) is 37.3 Å². The highest BCUT2D eigenvalue weighted by molar-refractivity contribution is 7.89. The first-order valence-electron chi connectivity index (χ1n) is 10.7. The average Bonchev–Trinajstić information content (AvgIpc) is 2.80. The molecule has 0 unspecified atom stereocenters. The molecule has 1 N–H and O–H groups in total. The Morgan fingerprint density at radius 3 is 2.23 bits per heavy atom. The molecule has 3 rings (SSSR count). The quantitative estimate of drug-likeness (QED) is 0.676. The molecule has 31 heavy (non-hydrogen) atoms. The number of benzene rings is 2. The van der Waals surface area contributed by atoms with Crippen molar-refractivity contribution < 1.29 is 17.6 Å². The van der Waals surface area contributed by atoms with E-state index in [1.54, 1.807) is 0 Å². The maximum atomic E-state index is 13.1. The Morgan fingerprint density at radius 2 is 1.65 bits per heavy atom. The van der Waals surface area contributed by atoms with Gasteiger partial charge in [-0.3, -0.25) is 9.69 Å². The molecule has 1 aliphatic heterocycles. The van der Waals surface area contributed by atoms with Gasteiger partial charge < -0.3 is 5.32 Å². The predicted molar refractivity (Wildman–Crippen MR) is 119 cm³/mol. The lowest BCUT2D eigenvalue weighted by molar-refractivity contribution is -0.126. The van der Waals surface area contributed by atoms with Crippen LogP contribution in [0.3, 0.4) is 0 Å². The van der Waals surface area contributed by atoms with Crippen molar-refractivity contribution in [3.63, 3.8) is 0 Å². The average molecular weight is 448 g/mol. The SMILES string of the molecule is CC[C@@H](CNC(=O)[C@H](C)N1CCN(S(=O)(=O)c2ccc(F)cc2)CC1)c1ccccc1. The first-order chi connectivity index (χ1) is 14.8. The molecule has 1 fully saturated rings. The zero-order valence-electron chi connectivity index (χ0n) is 18.0. The highest BCUT2D eigenvalue weighted by Crippen LogP contribution is 2.20. The summed E-state index contributed by atoms with van der Waals surface area (Å²) in [7, 11) is -3.66. The Bertz CT molecular complexity index is 959. The third-order valence-corrected chi connectivity index (χ3v) is 7.85. The third kappa shape index (κ3) is 5.70. The predicted octanol–water partition coefficient (Wildman–Crippen LogP) is 2.83. The number of carbonyl (C=O) groups excluding carboxylic acids is 1. The van der Waals surface area contributed by atoms with E-state index in [-0.39, 0.29) is 22.8 Å². The first kappa shape index (κ1) is 23.4. The summed E-state index contributed by atoms with van der Waals surface area (Å²) in [6.07, 6.45) is 0.929. The van der Waals surface area contributed by atoms with Crippen molar-refractivity contribution in [2.75, 3.05) is 32.7 Å². The number of amides is 1. The Kier molecular flexibility index (Phi) is 7.80. The van der Waals surface area contributed by atoms with Crippen molar-refractivity contribution in [3.8, 4) is 0 Å². The molecular weight excluding hydrogens is 417 g/mol. The molecule has 1 heterocycles. The van der Waals surface area contributed by atoms with E-state index in [1.165, 1.54) is 22.0 Å². The van der Waals surface area contributed by atoms with Crippen molar-refractivity contribution in [1.29, 1.82) is 0 Å². The van der Waals surface area contributed by atoms with Crippen LogP contribution in [0.2, 0.25) is 0 Å². The number of hydrogen-bond donors (Lipinski definition) is 1. The highest BCUT2D eigenvalue weighted by Gasteiger charge is 2.31. The fourth-order valence-corrected chi connectivity index (χ4v) is 5.27. The van der Waals surface area contributed by atoms with Gasteiger partial charge in [-0.25, -0.2) is 12.8 Å². The minimum Gasteiger partial charge on any atom is -0.354 e. The molecule has 6 nitrogen and oxygen atoms in total. The van der Waals surface area contributed by atoms with Crippen molar-refractivity contribution in [3.05, 3.63) is 66.0 Å². The fraction of sp³-hybridized carbons (Fsp3) is 0.435. The number of hydrogen-bond acceptors (Lipinski definition) is 4. The van der Waals surface area contributed by atoms with Crippen LogP contribution >= 0.6 is 0 Å². The molecule has 8 heteroatoms. The summed E-state index contributed by atoms with van der Waals surface area (Å²) < 4.78 is 40.0. The zero-order valence-corrected chi connectivity index (χ0v) is 18.8. The van der Waals surface area contributed by atoms with Gasteiger partial charge in [-0.2, -0.15) is 4.31 Å². The van der Waals surface area contributed by atoms with Gasteiger partial charge in [-0.05, 0) is 43.2 Å². The summed E-state index contributed by atoms with van der Waals surface area (Å²) in [6.45, 7) is 6.03.